The molecule has 0 radical (unpaired) electrons. The van der Waals surface area contributed by atoms with E-state index in [1.807, 2.05) is 6.08 Å². The Morgan fingerprint density at radius 1 is 0.449 bits per heavy atom. The zero-order valence-corrected chi connectivity index (χ0v) is 27.3. The Hall–Kier alpha value is -6.31. The molecule has 1 heterocycles. The van der Waals surface area contributed by atoms with E-state index in [9.17, 15) is 0 Å². The molecule has 0 atom stereocenters. The van der Waals surface area contributed by atoms with Crippen LogP contribution in [0.25, 0.3) is 93.9 Å². The molecule has 8 aromatic carbocycles. The molecule has 1 heteroatoms. The molecule has 9 rings (SSSR count). The SMILES string of the molecule is C=Cc1c(-c2ccccc2C)nc2c(ccc3ccccc32)c1-c1cccc(-c2c3ccccc3c(-c3ccccc3)c3ccccc23)c1. The van der Waals surface area contributed by atoms with E-state index in [0.717, 1.165) is 44.2 Å². The molecular weight excluding hydrogens is 591 g/mol. The van der Waals surface area contributed by atoms with Crippen LogP contribution in [0.15, 0.2) is 170 Å². The maximum Gasteiger partial charge on any atom is 0.0794 e. The number of fused-ring (bicyclic) bond motifs is 5. The van der Waals surface area contributed by atoms with E-state index >= 15 is 0 Å². The van der Waals surface area contributed by atoms with Crippen molar-refractivity contribution in [2.45, 2.75) is 6.92 Å². The molecule has 0 fully saturated rings. The van der Waals surface area contributed by atoms with Gasteiger partial charge in [-0.2, -0.15) is 0 Å². The number of aryl methyl sites for hydroxylation is 1. The number of hydrogen-bond acceptors (Lipinski definition) is 1. The summed E-state index contributed by atoms with van der Waals surface area (Å²) in [6, 6.07) is 59.1. The molecule has 0 aliphatic carbocycles. The van der Waals surface area contributed by atoms with Gasteiger partial charge in [-0.3, -0.25) is 0 Å². The fraction of sp³-hybridized carbons (Fsp3) is 0.0208. The van der Waals surface area contributed by atoms with Crippen molar-refractivity contribution in [3.63, 3.8) is 0 Å². The highest BCUT2D eigenvalue weighted by atomic mass is 14.7. The standard InChI is InChI=1S/C48H33N/c1-3-36-45(43-29-28-32-17-8-10-23-38(32)48(43)49-47(36)37-22-9-7-16-31(37)2)34-20-15-21-35(30-34)46-41-26-13-11-24-39(41)44(33-18-5-4-6-19-33)40-25-12-14-27-42(40)46/h3-30H,1H2,2H3. The summed E-state index contributed by atoms with van der Waals surface area (Å²) in [5.74, 6) is 0. The normalized spacial score (nSPS) is 11.4. The summed E-state index contributed by atoms with van der Waals surface area (Å²) >= 11 is 0. The van der Waals surface area contributed by atoms with Gasteiger partial charge < -0.3 is 0 Å². The van der Waals surface area contributed by atoms with Gasteiger partial charge in [-0.1, -0.05) is 170 Å². The summed E-state index contributed by atoms with van der Waals surface area (Å²) in [5, 5.41) is 8.44. The average Bonchev–Trinajstić information content (AvgIpc) is 3.16. The van der Waals surface area contributed by atoms with Crippen molar-refractivity contribution in [3.05, 3.63) is 181 Å². The number of hydrogen-bond donors (Lipinski definition) is 0. The van der Waals surface area contributed by atoms with Crippen LogP contribution in [0.2, 0.25) is 0 Å². The van der Waals surface area contributed by atoms with Crippen LogP contribution < -0.4 is 0 Å². The van der Waals surface area contributed by atoms with Gasteiger partial charge in [0, 0.05) is 27.5 Å². The van der Waals surface area contributed by atoms with Crippen molar-refractivity contribution in [1.82, 2.24) is 4.98 Å². The summed E-state index contributed by atoms with van der Waals surface area (Å²) in [6.07, 6.45) is 1.99. The second-order valence-electron chi connectivity index (χ2n) is 12.7. The summed E-state index contributed by atoms with van der Waals surface area (Å²) < 4.78 is 0. The molecule has 9 aromatic rings. The smallest absolute Gasteiger partial charge is 0.0794 e. The van der Waals surface area contributed by atoms with Crippen LogP contribution in [0.5, 0.6) is 0 Å². The van der Waals surface area contributed by atoms with Gasteiger partial charge in [0.25, 0.3) is 0 Å². The van der Waals surface area contributed by atoms with Gasteiger partial charge in [0.15, 0.2) is 0 Å². The molecule has 0 saturated heterocycles. The van der Waals surface area contributed by atoms with Crippen molar-refractivity contribution in [1.29, 1.82) is 0 Å². The Balaban J connectivity index is 1.37. The van der Waals surface area contributed by atoms with E-state index in [0.29, 0.717) is 0 Å². The molecule has 49 heavy (non-hydrogen) atoms. The highest BCUT2D eigenvalue weighted by Crippen LogP contribution is 2.46. The highest BCUT2D eigenvalue weighted by molar-refractivity contribution is 6.22. The lowest BCUT2D eigenvalue weighted by Crippen LogP contribution is -1.98. The summed E-state index contributed by atoms with van der Waals surface area (Å²) in [4.78, 5) is 5.42. The minimum absolute atomic E-state index is 0.959. The van der Waals surface area contributed by atoms with Crippen LogP contribution in [0.1, 0.15) is 11.1 Å². The minimum Gasteiger partial charge on any atom is -0.246 e. The van der Waals surface area contributed by atoms with Gasteiger partial charge in [-0.25, -0.2) is 4.98 Å². The van der Waals surface area contributed by atoms with Crippen LogP contribution in [0.4, 0.5) is 0 Å². The first kappa shape index (κ1) is 28.9. The lowest BCUT2D eigenvalue weighted by atomic mass is 9.84. The zero-order valence-electron chi connectivity index (χ0n) is 27.3. The first-order valence-corrected chi connectivity index (χ1v) is 16.8. The van der Waals surface area contributed by atoms with Crippen molar-refractivity contribution in [2.24, 2.45) is 0 Å². The molecule has 0 spiro atoms. The molecule has 0 bridgehead atoms. The molecule has 1 aromatic heterocycles. The summed E-state index contributed by atoms with van der Waals surface area (Å²) in [6.45, 7) is 6.52. The van der Waals surface area contributed by atoms with Gasteiger partial charge in [0.05, 0.1) is 11.2 Å². The van der Waals surface area contributed by atoms with Gasteiger partial charge in [0.2, 0.25) is 0 Å². The Morgan fingerprint density at radius 3 is 1.63 bits per heavy atom. The Kier molecular flexibility index (Phi) is 6.92. The number of aromatic nitrogens is 1. The fourth-order valence-corrected chi connectivity index (χ4v) is 7.75. The Bertz CT molecular complexity index is 2680. The van der Waals surface area contributed by atoms with Gasteiger partial charge in [0.1, 0.15) is 0 Å². The fourth-order valence-electron chi connectivity index (χ4n) is 7.75. The van der Waals surface area contributed by atoms with Gasteiger partial charge in [-0.15, -0.1) is 0 Å². The second-order valence-corrected chi connectivity index (χ2v) is 12.7. The average molecular weight is 624 g/mol. The third-order valence-corrected chi connectivity index (χ3v) is 9.96. The molecule has 0 aliphatic heterocycles. The topological polar surface area (TPSA) is 12.9 Å². The minimum atomic E-state index is 0.959. The lowest BCUT2D eigenvalue weighted by Gasteiger charge is -2.20. The quantitative estimate of drug-likeness (QED) is 0.137. The predicted octanol–water partition coefficient (Wildman–Crippen LogP) is 13.3. The van der Waals surface area contributed by atoms with Crippen LogP contribution in [0, 0.1) is 6.92 Å². The van der Waals surface area contributed by atoms with E-state index in [-0.39, 0.29) is 0 Å². The molecule has 0 unspecified atom stereocenters. The Morgan fingerprint density at radius 2 is 0.980 bits per heavy atom. The number of rotatable bonds is 5. The van der Waals surface area contributed by atoms with Crippen LogP contribution in [-0.4, -0.2) is 4.98 Å². The first-order chi connectivity index (χ1) is 24.2. The molecule has 230 valence electrons. The molecule has 0 saturated carbocycles. The van der Waals surface area contributed by atoms with Gasteiger partial charge >= 0.3 is 0 Å². The summed E-state index contributed by atoms with van der Waals surface area (Å²) in [5.41, 5.74) is 12.5. The first-order valence-electron chi connectivity index (χ1n) is 16.8. The molecule has 0 amide bonds. The number of pyridine rings is 1. The summed E-state index contributed by atoms with van der Waals surface area (Å²) in [7, 11) is 0. The van der Waals surface area contributed by atoms with Crippen molar-refractivity contribution < 1.29 is 0 Å². The number of nitrogens with zero attached hydrogens (tertiary/aromatic N) is 1. The maximum absolute atomic E-state index is 5.42. The maximum atomic E-state index is 5.42. The third-order valence-electron chi connectivity index (χ3n) is 9.96. The second kappa shape index (κ2) is 11.7. The predicted molar refractivity (Wildman–Crippen MR) is 211 cm³/mol. The molecule has 0 N–H and O–H groups in total. The monoisotopic (exact) mass is 623 g/mol. The van der Waals surface area contributed by atoms with Gasteiger partial charge in [-0.05, 0) is 73.3 Å². The Labute approximate surface area is 286 Å². The number of benzene rings is 8. The van der Waals surface area contributed by atoms with Crippen LogP contribution >= 0.6 is 0 Å². The van der Waals surface area contributed by atoms with E-state index in [4.69, 9.17) is 4.98 Å². The van der Waals surface area contributed by atoms with Crippen molar-refractivity contribution >= 4 is 49.3 Å². The van der Waals surface area contributed by atoms with E-state index in [2.05, 4.69) is 177 Å². The van der Waals surface area contributed by atoms with Crippen molar-refractivity contribution in [3.8, 4) is 44.6 Å². The van der Waals surface area contributed by atoms with Crippen molar-refractivity contribution in [2.75, 3.05) is 0 Å². The van der Waals surface area contributed by atoms with Crippen LogP contribution in [-0.2, 0) is 0 Å². The lowest BCUT2D eigenvalue weighted by molar-refractivity contribution is 1.36. The van der Waals surface area contributed by atoms with Crippen LogP contribution in [0.3, 0.4) is 0 Å². The van der Waals surface area contributed by atoms with E-state index in [1.54, 1.807) is 0 Å². The zero-order chi connectivity index (χ0) is 32.9. The third kappa shape index (κ3) is 4.66. The molecule has 1 nitrogen and oxygen atoms in total. The van der Waals surface area contributed by atoms with E-state index < -0.39 is 0 Å². The molecular formula is C48H33N. The van der Waals surface area contributed by atoms with E-state index in [1.165, 1.54) is 54.7 Å². The molecule has 0 aliphatic rings. The highest BCUT2D eigenvalue weighted by Gasteiger charge is 2.21. The largest absolute Gasteiger partial charge is 0.246 e.